The number of nitrogens with zero attached hydrogens (tertiary/aromatic N) is 1. The number of carboxylic acid groups (broad SMARTS) is 1. The highest BCUT2D eigenvalue weighted by atomic mass is 32.2. The van der Waals surface area contributed by atoms with E-state index in [4.69, 9.17) is 9.84 Å². The lowest BCUT2D eigenvalue weighted by atomic mass is 10.1. The number of methoxy groups -OCH3 is 1. The summed E-state index contributed by atoms with van der Waals surface area (Å²) in [5, 5.41) is 8.88. The van der Waals surface area contributed by atoms with Crippen LogP contribution in [0.1, 0.15) is 17.3 Å². The van der Waals surface area contributed by atoms with Gasteiger partial charge in [-0.2, -0.15) is 0 Å². The maximum absolute atomic E-state index is 13.6. The maximum Gasteiger partial charge on any atom is 0.327 e. The van der Waals surface area contributed by atoms with Crippen molar-refractivity contribution in [2.45, 2.75) is 18.3 Å². The molecule has 1 aliphatic heterocycles. The fourth-order valence-electron chi connectivity index (χ4n) is 2.09. The highest BCUT2D eigenvalue weighted by Crippen LogP contribution is 2.31. The minimum atomic E-state index is -1.05. The van der Waals surface area contributed by atoms with Crippen LogP contribution in [0.5, 0.6) is 5.75 Å². The molecule has 1 amide bonds. The van der Waals surface area contributed by atoms with E-state index in [1.54, 1.807) is 6.92 Å². The predicted molar refractivity (Wildman–Crippen MR) is 72.5 cm³/mol. The molecule has 1 heterocycles. The van der Waals surface area contributed by atoms with E-state index in [1.807, 2.05) is 0 Å². The van der Waals surface area contributed by atoms with Crippen molar-refractivity contribution in [2.75, 3.05) is 12.9 Å². The lowest BCUT2D eigenvalue weighted by Crippen LogP contribution is -2.44. The summed E-state index contributed by atoms with van der Waals surface area (Å²) < 4.78 is 18.4. The minimum Gasteiger partial charge on any atom is -0.494 e. The molecule has 1 aromatic carbocycles. The third-order valence-electron chi connectivity index (χ3n) is 3.14. The van der Waals surface area contributed by atoms with Crippen molar-refractivity contribution in [3.63, 3.8) is 0 Å². The Hall–Kier alpha value is -1.76. The summed E-state index contributed by atoms with van der Waals surface area (Å²) in [5.41, 5.74) is 0.115. The smallest absolute Gasteiger partial charge is 0.327 e. The second-order valence-electron chi connectivity index (χ2n) is 4.35. The second kappa shape index (κ2) is 5.70. The topological polar surface area (TPSA) is 66.8 Å². The van der Waals surface area contributed by atoms with Crippen LogP contribution in [0.3, 0.4) is 0 Å². The van der Waals surface area contributed by atoms with E-state index in [0.29, 0.717) is 5.75 Å². The quantitative estimate of drug-likeness (QED) is 0.922. The molecule has 1 saturated heterocycles. The van der Waals surface area contributed by atoms with Gasteiger partial charge >= 0.3 is 5.97 Å². The molecule has 2 unspecified atom stereocenters. The van der Waals surface area contributed by atoms with Crippen molar-refractivity contribution in [3.05, 3.63) is 29.6 Å². The van der Waals surface area contributed by atoms with Crippen LogP contribution in [-0.2, 0) is 4.79 Å². The number of carbonyl (C=O) groups excluding carboxylic acids is 1. The molecule has 20 heavy (non-hydrogen) atoms. The van der Waals surface area contributed by atoms with Gasteiger partial charge in [-0.05, 0) is 25.1 Å². The second-order valence-corrected chi connectivity index (χ2v) is 5.70. The zero-order valence-corrected chi connectivity index (χ0v) is 11.8. The van der Waals surface area contributed by atoms with E-state index >= 15 is 0 Å². The molecule has 5 nitrogen and oxygen atoms in total. The van der Waals surface area contributed by atoms with Gasteiger partial charge in [0.05, 0.1) is 12.5 Å². The van der Waals surface area contributed by atoms with Crippen LogP contribution in [0.25, 0.3) is 0 Å². The lowest BCUT2D eigenvalue weighted by Gasteiger charge is -2.25. The number of hydrogen-bond acceptors (Lipinski definition) is 4. The van der Waals surface area contributed by atoms with Crippen molar-refractivity contribution in [1.29, 1.82) is 0 Å². The highest BCUT2D eigenvalue weighted by molar-refractivity contribution is 8.00. The Morgan fingerprint density at radius 2 is 2.20 bits per heavy atom. The molecule has 1 aromatic rings. The summed E-state index contributed by atoms with van der Waals surface area (Å²) in [6, 6.07) is 2.97. The fraction of sp³-hybridized carbons (Fsp3) is 0.385. The van der Waals surface area contributed by atoms with E-state index in [-0.39, 0.29) is 16.7 Å². The highest BCUT2D eigenvalue weighted by Gasteiger charge is 2.39. The number of carbonyl (C=O) groups is 2. The van der Waals surface area contributed by atoms with Crippen LogP contribution in [0.4, 0.5) is 4.39 Å². The van der Waals surface area contributed by atoms with Crippen LogP contribution in [0, 0.1) is 5.82 Å². The van der Waals surface area contributed by atoms with Gasteiger partial charge in [-0.15, -0.1) is 11.8 Å². The number of ether oxygens (including phenoxy) is 1. The molecule has 1 aliphatic rings. The van der Waals surface area contributed by atoms with E-state index in [9.17, 15) is 14.0 Å². The molecule has 0 bridgehead atoms. The third kappa shape index (κ3) is 2.58. The number of halogens is 1. The first-order chi connectivity index (χ1) is 9.45. The van der Waals surface area contributed by atoms with E-state index in [2.05, 4.69) is 0 Å². The van der Waals surface area contributed by atoms with Crippen LogP contribution < -0.4 is 4.74 Å². The number of thioether (sulfide) groups is 1. The van der Waals surface area contributed by atoms with Crippen LogP contribution >= 0.6 is 11.8 Å². The van der Waals surface area contributed by atoms with Crippen LogP contribution in [0.2, 0.25) is 0 Å². The lowest BCUT2D eigenvalue weighted by molar-refractivity contribution is -0.141. The van der Waals surface area contributed by atoms with Gasteiger partial charge in [0.25, 0.3) is 5.91 Å². The normalized spacial score (nSPS) is 21.9. The molecule has 0 aromatic heterocycles. The first kappa shape index (κ1) is 14.6. The van der Waals surface area contributed by atoms with Crippen molar-refractivity contribution in [2.24, 2.45) is 0 Å². The molecule has 0 saturated carbocycles. The molecule has 1 N–H and O–H groups in total. The molecule has 0 aliphatic carbocycles. The zero-order chi connectivity index (χ0) is 14.9. The molecule has 0 spiro atoms. The maximum atomic E-state index is 13.6. The Morgan fingerprint density at radius 1 is 1.50 bits per heavy atom. The van der Waals surface area contributed by atoms with Crippen molar-refractivity contribution in [1.82, 2.24) is 4.90 Å². The van der Waals surface area contributed by atoms with E-state index < -0.39 is 23.7 Å². The zero-order valence-electron chi connectivity index (χ0n) is 11.0. The molecule has 108 valence electrons. The van der Waals surface area contributed by atoms with Gasteiger partial charge in [0.2, 0.25) is 0 Å². The van der Waals surface area contributed by atoms with Crippen molar-refractivity contribution in [3.8, 4) is 5.75 Å². The van der Waals surface area contributed by atoms with Gasteiger partial charge in [0, 0.05) is 11.3 Å². The monoisotopic (exact) mass is 299 g/mol. The third-order valence-corrected chi connectivity index (χ3v) is 4.36. The van der Waals surface area contributed by atoms with Crippen molar-refractivity contribution < 1.29 is 23.8 Å². The summed E-state index contributed by atoms with van der Waals surface area (Å²) in [6.07, 6.45) is 0. The average Bonchev–Trinajstić information content (AvgIpc) is 2.80. The van der Waals surface area contributed by atoms with E-state index in [1.165, 1.54) is 35.9 Å². The first-order valence-electron chi connectivity index (χ1n) is 5.96. The molecule has 7 heteroatoms. The molecule has 2 rings (SSSR count). The Morgan fingerprint density at radius 3 is 2.75 bits per heavy atom. The molecule has 2 atom stereocenters. The van der Waals surface area contributed by atoms with E-state index in [0.717, 1.165) is 6.07 Å². The Bertz CT molecular complexity index is 551. The van der Waals surface area contributed by atoms with Crippen LogP contribution in [-0.4, -0.2) is 46.2 Å². The number of benzene rings is 1. The minimum absolute atomic E-state index is 0.0418. The predicted octanol–water partition coefficient (Wildman–Crippen LogP) is 1.82. The Labute approximate surface area is 119 Å². The number of rotatable bonds is 3. The van der Waals surface area contributed by atoms with Gasteiger partial charge in [0.15, 0.2) is 11.6 Å². The standard InChI is InChI=1S/C13H14FNO4S/c1-7-15(10(6-20-7)13(17)18)12(16)8-3-4-11(19-2)9(14)5-8/h3-5,7,10H,6H2,1-2H3,(H,17,18). The SMILES string of the molecule is COc1ccc(C(=O)N2C(C)SCC2C(=O)O)cc1F. The van der Waals surface area contributed by atoms with Crippen molar-refractivity contribution >= 4 is 23.6 Å². The summed E-state index contributed by atoms with van der Waals surface area (Å²) in [6.45, 7) is 1.76. The summed E-state index contributed by atoms with van der Waals surface area (Å²) >= 11 is 1.38. The Balaban J connectivity index is 2.30. The number of carboxylic acids is 1. The van der Waals surface area contributed by atoms with Gasteiger partial charge in [-0.1, -0.05) is 0 Å². The Kier molecular flexibility index (Phi) is 4.17. The molecular formula is C13H14FNO4S. The largest absolute Gasteiger partial charge is 0.494 e. The summed E-state index contributed by atoms with van der Waals surface area (Å²) in [4.78, 5) is 24.8. The number of aliphatic carboxylic acids is 1. The number of hydrogen-bond donors (Lipinski definition) is 1. The molecule has 0 radical (unpaired) electrons. The average molecular weight is 299 g/mol. The van der Waals surface area contributed by atoms with Crippen LogP contribution in [0.15, 0.2) is 18.2 Å². The summed E-state index contributed by atoms with van der Waals surface area (Å²) in [5.74, 6) is -1.81. The van der Waals surface area contributed by atoms with Gasteiger partial charge < -0.3 is 14.7 Å². The van der Waals surface area contributed by atoms with Gasteiger partial charge in [-0.3, -0.25) is 4.79 Å². The molecular weight excluding hydrogens is 285 g/mol. The first-order valence-corrected chi connectivity index (χ1v) is 7.01. The number of amides is 1. The van der Waals surface area contributed by atoms with Gasteiger partial charge in [0.1, 0.15) is 6.04 Å². The van der Waals surface area contributed by atoms with Gasteiger partial charge in [-0.25, -0.2) is 9.18 Å². The fourth-order valence-corrected chi connectivity index (χ4v) is 3.26. The molecule has 1 fully saturated rings. The summed E-state index contributed by atoms with van der Waals surface area (Å²) in [7, 11) is 1.33.